The summed E-state index contributed by atoms with van der Waals surface area (Å²) in [6.07, 6.45) is 2.24. The van der Waals surface area contributed by atoms with Crippen molar-refractivity contribution in [1.29, 1.82) is 0 Å². The average molecular weight is 310 g/mol. The minimum Gasteiger partial charge on any atom is -0.466 e. The van der Waals surface area contributed by atoms with Crippen molar-refractivity contribution in [3.05, 3.63) is 0 Å². The van der Waals surface area contributed by atoms with Crippen LogP contribution < -0.4 is 0 Å². The Labute approximate surface area is 133 Å². The second-order valence-electron chi connectivity index (χ2n) is 8.09. The zero-order chi connectivity index (χ0) is 16.3. The molecule has 126 valence electrons. The molecule has 2 saturated heterocycles. The van der Waals surface area contributed by atoms with Gasteiger partial charge in [0.05, 0.1) is 29.8 Å². The summed E-state index contributed by atoms with van der Waals surface area (Å²) < 4.78 is 11.9. The van der Waals surface area contributed by atoms with Crippen LogP contribution in [0.2, 0.25) is 0 Å². The molecule has 0 aromatic rings. The third-order valence-corrected chi connectivity index (χ3v) is 6.83. The lowest BCUT2D eigenvalue weighted by atomic mass is 9.69. The third kappa shape index (κ3) is 1.92. The Morgan fingerprint density at radius 2 is 2.09 bits per heavy atom. The van der Waals surface area contributed by atoms with Gasteiger partial charge in [-0.15, -0.1) is 0 Å². The van der Waals surface area contributed by atoms with E-state index in [1.54, 1.807) is 0 Å². The Balaban J connectivity index is 2.04. The van der Waals surface area contributed by atoms with Gasteiger partial charge in [0.1, 0.15) is 0 Å². The van der Waals surface area contributed by atoms with Crippen molar-refractivity contribution in [3.63, 3.8) is 0 Å². The van der Waals surface area contributed by atoms with E-state index in [4.69, 9.17) is 9.47 Å². The number of aliphatic hydroxyl groups excluding tert-OH is 1. The molecule has 7 atom stereocenters. The first-order chi connectivity index (χ1) is 10.3. The molecule has 2 heterocycles. The number of ether oxygens (including phenoxy) is 2. The molecule has 1 N–H and O–H groups in total. The number of carbonyl (C=O) groups is 1. The lowest BCUT2D eigenvalue weighted by Gasteiger charge is -2.52. The molecule has 0 aromatic heterocycles. The minimum atomic E-state index is -0.605. The molecule has 0 unspecified atom stereocenters. The smallest absolute Gasteiger partial charge is 0.311 e. The van der Waals surface area contributed by atoms with Gasteiger partial charge in [-0.25, -0.2) is 0 Å². The Morgan fingerprint density at radius 1 is 1.41 bits per heavy atom. The lowest BCUT2D eigenvalue weighted by Crippen LogP contribution is -2.60. The molecule has 3 fully saturated rings. The Kier molecular flexibility index (Phi) is 3.84. The van der Waals surface area contributed by atoms with Crippen molar-refractivity contribution in [2.45, 2.75) is 71.2 Å². The van der Waals surface area contributed by atoms with Crippen molar-refractivity contribution in [3.8, 4) is 0 Å². The van der Waals surface area contributed by atoms with Crippen LogP contribution in [-0.4, -0.2) is 35.0 Å². The quantitative estimate of drug-likeness (QED) is 0.814. The number of esters is 1. The van der Waals surface area contributed by atoms with E-state index in [-0.39, 0.29) is 29.6 Å². The molecule has 4 nitrogen and oxygen atoms in total. The normalized spacial score (nSPS) is 50.2. The molecule has 3 rings (SSSR count). The van der Waals surface area contributed by atoms with Crippen LogP contribution >= 0.6 is 0 Å². The van der Waals surface area contributed by atoms with Crippen LogP contribution in [0.15, 0.2) is 0 Å². The second-order valence-corrected chi connectivity index (χ2v) is 8.09. The van der Waals surface area contributed by atoms with Gasteiger partial charge in [-0.3, -0.25) is 4.79 Å². The summed E-state index contributed by atoms with van der Waals surface area (Å²) in [5.74, 6) is 0.740. The van der Waals surface area contributed by atoms with Gasteiger partial charge < -0.3 is 14.6 Å². The third-order valence-electron chi connectivity index (χ3n) is 6.83. The largest absolute Gasteiger partial charge is 0.466 e. The Hall–Kier alpha value is -0.610. The predicted molar refractivity (Wildman–Crippen MR) is 83.2 cm³/mol. The SMILES string of the molecule is CCOC(=O)[C@@H]1C[C@]2(C(C)C)O[C@@]1(C)[C@@H]1CC[C@@H](C)[C@H]1[C@@H]2O. The molecule has 0 spiro atoms. The number of carbonyl (C=O) groups excluding carboxylic acids is 1. The number of hydrogen-bond acceptors (Lipinski definition) is 4. The second kappa shape index (κ2) is 5.20. The van der Waals surface area contributed by atoms with Gasteiger partial charge >= 0.3 is 5.97 Å². The van der Waals surface area contributed by atoms with Crippen LogP contribution in [0.25, 0.3) is 0 Å². The molecule has 0 amide bonds. The number of rotatable bonds is 3. The molecule has 0 radical (unpaired) electrons. The zero-order valence-corrected chi connectivity index (χ0v) is 14.5. The van der Waals surface area contributed by atoms with Gasteiger partial charge in [0, 0.05) is 0 Å². The molecule has 4 heteroatoms. The standard InChI is InChI=1S/C18H30O4/c1-6-21-16(20)13-9-18(10(2)3)15(19)14-11(4)7-8-12(14)17(13,5)22-18/h10-15,19H,6-9H2,1-5H3/t11-,12-,13+,14-,15+,17+,18-/m1/s1. The summed E-state index contributed by atoms with van der Waals surface area (Å²) in [6.45, 7) is 10.7. The highest BCUT2D eigenvalue weighted by molar-refractivity contribution is 5.75. The van der Waals surface area contributed by atoms with Gasteiger partial charge in [-0.1, -0.05) is 20.8 Å². The van der Waals surface area contributed by atoms with E-state index in [2.05, 4.69) is 27.7 Å². The van der Waals surface area contributed by atoms with E-state index in [1.165, 1.54) is 0 Å². The molecule has 3 aliphatic rings. The highest BCUT2D eigenvalue weighted by atomic mass is 16.6. The number of fused-ring (bicyclic) bond motifs is 4. The van der Waals surface area contributed by atoms with Crippen LogP contribution in [0.5, 0.6) is 0 Å². The van der Waals surface area contributed by atoms with E-state index in [0.717, 1.165) is 12.8 Å². The summed E-state index contributed by atoms with van der Waals surface area (Å²) >= 11 is 0. The summed E-state index contributed by atoms with van der Waals surface area (Å²) in [6, 6.07) is 0. The van der Waals surface area contributed by atoms with Crippen molar-refractivity contribution in [1.82, 2.24) is 0 Å². The predicted octanol–water partition coefficient (Wildman–Crippen LogP) is 2.78. The van der Waals surface area contributed by atoms with Crippen LogP contribution in [0.1, 0.15) is 53.9 Å². The summed E-state index contributed by atoms with van der Waals surface area (Å²) in [7, 11) is 0. The van der Waals surface area contributed by atoms with Gasteiger partial charge in [0.2, 0.25) is 0 Å². The molecule has 2 bridgehead atoms. The summed E-state index contributed by atoms with van der Waals surface area (Å²) in [4.78, 5) is 12.6. The maximum absolute atomic E-state index is 12.6. The van der Waals surface area contributed by atoms with Crippen molar-refractivity contribution < 1.29 is 19.4 Å². The molecule has 22 heavy (non-hydrogen) atoms. The van der Waals surface area contributed by atoms with Crippen molar-refractivity contribution >= 4 is 5.97 Å². The van der Waals surface area contributed by atoms with Crippen LogP contribution in [0.4, 0.5) is 0 Å². The van der Waals surface area contributed by atoms with Crippen molar-refractivity contribution in [2.75, 3.05) is 6.61 Å². The topological polar surface area (TPSA) is 55.8 Å². The van der Waals surface area contributed by atoms with Crippen LogP contribution in [0.3, 0.4) is 0 Å². The highest BCUT2D eigenvalue weighted by Crippen LogP contribution is 2.63. The van der Waals surface area contributed by atoms with E-state index in [1.807, 2.05) is 6.92 Å². The van der Waals surface area contributed by atoms with E-state index < -0.39 is 17.3 Å². The fourth-order valence-corrected chi connectivity index (χ4v) is 5.56. The van der Waals surface area contributed by atoms with Crippen LogP contribution in [-0.2, 0) is 14.3 Å². The Morgan fingerprint density at radius 3 is 2.68 bits per heavy atom. The Bertz CT molecular complexity index is 462. The van der Waals surface area contributed by atoms with Crippen LogP contribution in [0, 0.1) is 29.6 Å². The molecule has 1 saturated carbocycles. The van der Waals surface area contributed by atoms with Crippen molar-refractivity contribution in [2.24, 2.45) is 29.6 Å². The average Bonchev–Trinajstić information content (AvgIpc) is 2.96. The minimum absolute atomic E-state index is 0.153. The fraction of sp³-hybridized carbons (Fsp3) is 0.944. The first-order valence-corrected chi connectivity index (χ1v) is 8.82. The zero-order valence-electron chi connectivity index (χ0n) is 14.5. The van der Waals surface area contributed by atoms with Gasteiger partial charge in [-0.05, 0) is 56.8 Å². The maximum atomic E-state index is 12.6. The van der Waals surface area contributed by atoms with Gasteiger partial charge in [0.15, 0.2) is 0 Å². The molecular weight excluding hydrogens is 280 g/mol. The number of hydrogen-bond donors (Lipinski definition) is 1. The summed E-state index contributed by atoms with van der Waals surface area (Å²) in [5, 5.41) is 11.1. The maximum Gasteiger partial charge on any atom is 0.311 e. The molecule has 1 aliphatic carbocycles. The molecular formula is C18H30O4. The monoisotopic (exact) mass is 310 g/mol. The summed E-state index contributed by atoms with van der Waals surface area (Å²) in [5.41, 5.74) is -1.10. The first-order valence-electron chi connectivity index (χ1n) is 8.82. The van der Waals surface area contributed by atoms with E-state index >= 15 is 0 Å². The van der Waals surface area contributed by atoms with Gasteiger partial charge in [0.25, 0.3) is 0 Å². The molecule has 2 aliphatic heterocycles. The molecule has 0 aromatic carbocycles. The fourth-order valence-electron chi connectivity index (χ4n) is 5.56. The van der Waals surface area contributed by atoms with E-state index in [0.29, 0.717) is 18.9 Å². The van der Waals surface area contributed by atoms with Gasteiger partial charge in [-0.2, -0.15) is 0 Å². The first kappa shape index (κ1) is 16.3. The van der Waals surface area contributed by atoms with E-state index in [9.17, 15) is 9.90 Å². The highest BCUT2D eigenvalue weighted by Gasteiger charge is 2.71. The number of aliphatic hydroxyl groups is 1. The lowest BCUT2D eigenvalue weighted by molar-refractivity contribution is -0.255.